The summed E-state index contributed by atoms with van der Waals surface area (Å²) in [6, 6.07) is -10.3. The van der Waals surface area contributed by atoms with Crippen molar-refractivity contribution in [3.05, 3.63) is 48.0 Å². The molecule has 1 aromatic carbocycles. The fourth-order valence-corrected chi connectivity index (χ4v) is 9.33. The number of hydrogen-bond acceptors (Lipinski definition) is 19. The molecular weight excluding hydrogens is 1230 g/mol. The summed E-state index contributed by atoms with van der Waals surface area (Å²) >= 11 is 0. The molecule has 36 nitrogen and oxygen atoms in total. The third-order valence-electron chi connectivity index (χ3n) is 14.1. The van der Waals surface area contributed by atoms with Crippen molar-refractivity contribution >= 4 is 82.9 Å². The first kappa shape index (κ1) is 80.4. The van der Waals surface area contributed by atoms with E-state index in [0.29, 0.717) is 12.0 Å². The first-order valence-corrected chi connectivity index (χ1v) is 30.7. The van der Waals surface area contributed by atoms with E-state index >= 15 is 0 Å². The number of unbranched alkanes of at least 4 members (excludes halogenated alkanes) is 1. The molecule has 0 aliphatic rings. The van der Waals surface area contributed by atoms with Crippen LogP contribution in [0.5, 0.6) is 5.75 Å². The van der Waals surface area contributed by atoms with Crippen molar-refractivity contribution in [3.8, 4) is 5.75 Å². The van der Waals surface area contributed by atoms with Crippen LogP contribution in [-0.2, 0) is 70.4 Å². The molecule has 0 fully saturated rings. The minimum absolute atomic E-state index is 0.0759. The number of imidazole rings is 1. The number of aliphatic hydroxyl groups excluding tert-OH is 2. The second kappa shape index (κ2) is 41.7. The number of rotatable bonds is 44. The van der Waals surface area contributed by atoms with Gasteiger partial charge in [0.15, 0.2) is 11.9 Å². The predicted octanol–water partition coefficient (Wildman–Crippen LogP) is -6.15. The molecule has 0 radical (unpaired) electrons. The zero-order valence-electron chi connectivity index (χ0n) is 53.7. The van der Waals surface area contributed by atoms with Crippen LogP contribution < -0.4 is 86.7 Å². The van der Waals surface area contributed by atoms with Gasteiger partial charge in [-0.2, -0.15) is 0 Å². The Morgan fingerprint density at radius 1 is 0.532 bits per heavy atom. The van der Waals surface area contributed by atoms with Crippen LogP contribution in [0.15, 0.2) is 36.8 Å². The Hall–Kier alpha value is -9.71. The van der Waals surface area contributed by atoms with E-state index in [1.165, 1.54) is 43.7 Å². The highest BCUT2D eigenvalue weighted by Crippen LogP contribution is 2.15. The van der Waals surface area contributed by atoms with E-state index in [2.05, 4.69) is 73.8 Å². The summed E-state index contributed by atoms with van der Waals surface area (Å²) < 4.78 is 0. The van der Waals surface area contributed by atoms with E-state index in [9.17, 15) is 78.0 Å². The van der Waals surface area contributed by atoms with Crippen molar-refractivity contribution in [1.29, 1.82) is 10.8 Å². The predicted molar refractivity (Wildman–Crippen MR) is 339 cm³/mol. The maximum absolute atomic E-state index is 14.5. The lowest BCUT2D eigenvalue weighted by atomic mass is 10.0. The number of carbonyl (C=O) groups excluding carboxylic acids is 11. The minimum atomic E-state index is -2.06. The largest absolute Gasteiger partial charge is 0.508 e. The molecule has 94 heavy (non-hydrogen) atoms. The Balaban J connectivity index is 2.52. The van der Waals surface area contributed by atoms with Gasteiger partial charge in [-0.3, -0.25) is 68.4 Å². The molecule has 27 N–H and O–H groups in total. The summed E-state index contributed by atoms with van der Waals surface area (Å²) in [4.78, 5) is 170. The van der Waals surface area contributed by atoms with Gasteiger partial charge in [0.25, 0.3) is 0 Å². The van der Waals surface area contributed by atoms with Gasteiger partial charge in [0.1, 0.15) is 66.2 Å². The molecule has 0 aliphatic heterocycles. The van der Waals surface area contributed by atoms with Gasteiger partial charge in [0.2, 0.25) is 65.0 Å². The Bertz CT molecular complexity index is 2860. The molecule has 11 atom stereocenters. The van der Waals surface area contributed by atoms with Crippen LogP contribution in [0.4, 0.5) is 0 Å². The molecule has 524 valence electrons. The summed E-state index contributed by atoms with van der Waals surface area (Å²) in [6.07, 6.45) is -0.477. The van der Waals surface area contributed by atoms with Gasteiger partial charge in [-0.1, -0.05) is 39.8 Å². The van der Waals surface area contributed by atoms with Gasteiger partial charge in [0.05, 0.1) is 31.2 Å². The molecule has 2 aromatic rings. The fourth-order valence-electron chi connectivity index (χ4n) is 9.33. The van der Waals surface area contributed by atoms with E-state index in [1.54, 1.807) is 27.7 Å². The van der Waals surface area contributed by atoms with Crippen LogP contribution in [0.2, 0.25) is 0 Å². The molecule has 0 spiro atoms. The topological polar surface area (TPSA) is 611 Å². The van der Waals surface area contributed by atoms with Crippen molar-refractivity contribution < 1.29 is 78.0 Å². The number of nitrogens with one attached hydrogen (secondary N) is 15. The number of guanidine groups is 2. The molecular formula is C58H96N20O16. The molecule has 11 amide bonds. The maximum Gasteiger partial charge on any atom is 0.305 e. The third kappa shape index (κ3) is 31.1. The van der Waals surface area contributed by atoms with Crippen molar-refractivity contribution in [2.75, 3.05) is 26.2 Å². The highest BCUT2D eigenvalue weighted by molar-refractivity contribution is 6.00. The average molecular weight is 1330 g/mol. The van der Waals surface area contributed by atoms with Gasteiger partial charge in [-0.25, -0.2) is 4.98 Å². The summed E-state index contributed by atoms with van der Waals surface area (Å²) in [7, 11) is 0. The number of amides is 11. The Morgan fingerprint density at radius 3 is 1.38 bits per heavy atom. The second-order valence-corrected chi connectivity index (χ2v) is 23.3. The van der Waals surface area contributed by atoms with E-state index in [4.69, 9.17) is 33.8 Å². The lowest BCUT2D eigenvalue weighted by molar-refractivity contribution is -0.142. The van der Waals surface area contributed by atoms with E-state index in [1.807, 2.05) is 0 Å². The lowest BCUT2D eigenvalue weighted by Crippen LogP contribution is -2.62. The molecule has 0 unspecified atom stereocenters. The van der Waals surface area contributed by atoms with Crippen LogP contribution in [0.3, 0.4) is 0 Å². The molecule has 0 aliphatic carbocycles. The number of carboxylic acid groups (broad SMARTS) is 1. The number of nitrogens with two attached hydrogens (primary N) is 4. The van der Waals surface area contributed by atoms with Gasteiger partial charge in [-0.15, -0.1) is 0 Å². The molecule has 0 saturated carbocycles. The summed E-state index contributed by atoms with van der Waals surface area (Å²) in [5.74, 6) is -13.6. The highest BCUT2D eigenvalue weighted by Gasteiger charge is 2.38. The number of aromatic amines is 1. The Kier molecular flexibility index (Phi) is 35.7. The number of aromatic nitrogens is 2. The number of primary amides is 1. The number of benzene rings is 1. The first-order chi connectivity index (χ1) is 44.2. The lowest BCUT2D eigenvalue weighted by Gasteiger charge is -2.28. The van der Waals surface area contributed by atoms with Crippen LogP contribution in [0.1, 0.15) is 117 Å². The molecule has 1 heterocycles. The first-order valence-electron chi connectivity index (χ1n) is 30.7. The molecule has 0 bridgehead atoms. The standard InChI is InChI=1S/C58H96N20O16/c1-29(2)21-39(47(60)85)73-48(86)37(12-9-19-66-57(61)62)72-52(90)41(23-33-14-16-35(82)17-15-33)74-49(87)36(11-7-8-18-59)70-53(91)43(25-45(83)84)76-56(94)46(31(5)80)78-54(92)42(24-34-26-65-28-68-34)75-55(93)44(27-79)77-50(88)38(13-10-20-67-58(63)64)71-51(89)40(22-30(3)4)69-32(6)81/h14-17,26,28-31,36-44,46,79-80,82H,7-13,18-25,27,59H2,1-6H3,(H2,60,85)(H,65,68)(H,69,81)(H,70,91)(H,71,89)(H,72,90)(H,73,86)(H,74,87)(H,75,93)(H,76,94)(H,77,88)(H,78,92)(H,83,84)(H4,61,62,66)(H4,63,64,67)/t31-,36+,37+,38+,39+,40+,41+,42+,43+,44+,46+/m1/s1. The van der Waals surface area contributed by atoms with Crippen LogP contribution in [-0.4, -0.2) is 206 Å². The second-order valence-electron chi connectivity index (χ2n) is 23.3. The summed E-state index contributed by atoms with van der Waals surface area (Å²) in [6.45, 7) is 8.64. The highest BCUT2D eigenvalue weighted by atomic mass is 16.4. The van der Waals surface area contributed by atoms with Gasteiger partial charge in [-0.05, 0) is 101 Å². The van der Waals surface area contributed by atoms with Gasteiger partial charge in [0, 0.05) is 39.1 Å². The number of aromatic hydroxyl groups is 1. The number of aliphatic carboxylic acids is 1. The van der Waals surface area contributed by atoms with Crippen molar-refractivity contribution in [1.82, 2.24) is 73.8 Å². The van der Waals surface area contributed by atoms with Crippen LogP contribution >= 0.6 is 0 Å². The number of phenols is 1. The molecule has 1 aromatic heterocycles. The van der Waals surface area contributed by atoms with Gasteiger partial charge >= 0.3 is 5.97 Å². The van der Waals surface area contributed by atoms with Crippen LogP contribution in [0, 0.1) is 22.7 Å². The van der Waals surface area contributed by atoms with E-state index < -0.39 is 157 Å². The number of carboxylic acids is 1. The maximum atomic E-state index is 14.5. The van der Waals surface area contributed by atoms with Crippen molar-refractivity contribution in [2.45, 2.75) is 185 Å². The number of aliphatic hydroxyl groups is 2. The molecule has 2 rings (SSSR count). The van der Waals surface area contributed by atoms with Crippen molar-refractivity contribution in [2.24, 2.45) is 34.8 Å². The number of carbonyl (C=O) groups is 12. The number of nitrogens with zero attached hydrogens (tertiary/aromatic N) is 1. The Morgan fingerprint density at radius 2 is 0.947 bits per heavy atom. The SMILES string of the molecule is CC(=O)N[C@@H](CC(C)C)C(=O)N[C@@H](CCCNC(=N)N)C(=O)N[C@@H](CO)C(=O)N[C@@H](Cc1c[nH]cn1)C(=O)N[C@H](C(=O)N[C@@H](CC(=O)O)C(=O)N[C@@H](CCCCN)C(=O)N[C@@H](Cc1ccc(O)cc1)C(=O)N[C@@H](CCCNC(=N)N)C(=O)N[C@@H](CC(C)C)C(N)=O)[C@@H](C)O. The van der Waals surface area contributed by atoms with E-state index in [0.717, 1.165) is 6.92 Å². The van der Waals surface area contributed by atoms with Gasteiger partial charge < -0.3 is 112 Å². The molecule has 36 heteroatoms. The average Bonchev–Trinajstić information content (AvgIpc) is 1.19. The fraction of sp³-hybridized carbons (Fsp3) is 0.603. The normalized spacial score (nSPS) is 14.6. The number of H-pyrrole nitrogens is 1. The summed E-state index contributed by atoms with van der Waals surface area (Å²) in [5, 5.41) is 86.0. The smallest absolute Gasteiger partial charge is 0.305 e. The number of hydrogen-bond donors (Lipinski definition) is 23. The monoisotopic (exact) mass is 1330 g/mol. The third-order valence-corrected chi connectivity index (χ3v) is 14.1. The minimum Gasteiger partial charge on any atom is -0.508 e. The van der Waals surface area contributed by atoms with Crippen molar-refractivity contribution in [3.63, 3.8) is 0 Å². The number of phenolic OH excluding ortho intramolecular Hbond substituents is 1. The zero-order chi connectivity index (χ0) is 70.8. The zero-order valence-corrected chi connectivity index (χ0v) is 53.7. The van der Waals surface area contributed by atoms with E-state index in [-0.39, 0.29) is 113 Å². The van der Waals surface area contributed by atoms with Crippen LogP contribution in [0.25, 0.3) is 0 Å². The summed E-state index contributed by atoms with van der Waals surface area (Å²) in [5.41, 5.74) is 22.7. The Labute approximate surface area is 543 Å². The molecule has 0 saturated heterocycles. The quantitative estimate of drug-likeness (QED) is 0.0167.